The van der Waals surface area contributed by atoms with Crippen molar-refractivity contribution in [3.8, 4) is 0 Å². The topological polar surface area (TPSA) is 46.4 Å². The van der Waals surface area contributed by atoms with Crippen LogP contribution in [-0.4, -0.2) is 15.3 Å². The molecule has 3 rings (SSSR count). The number of pyridine rings is 1. The molecule has 0 aliphatic heterocycles. The van der Waals surface area contributed by atoms with Crippen molar-refractivity contribution in [2.45, 2.75) is 33.6 Å². The Morgan fingerprint density at radius 2 is 1.91 bits per heavy atom. The van der Waals surface area contributed by atoms with Crippen LogP contribution in [0.2, 0.25) is 0 Å². The van der Waals surface area contributed by atoms with Gasteiger partial charge in [-0.25, -0.2) is 4.98 Å². The number of aromatic nitrogens is 2. The summed E-state index contributed by atoms with van der Waals surface area (Å²) >= 11 is 0. The molecule has 0 saturated carbocycles. The summed E-state index contributed by atoms with van der Waals surface area (Å²) in [6, 6.07) is 12.0. The van der Waals surface area contributed by atoms with Crippen LogP contribution in [0.3, 0.4) is 0 Å². The van der Waals surface area contributed by atoms with E-state index in [0.29, 0.717) is 6.42 Å². The van der Waals surface area contributed by atoms with E-state index >= 15 is 0 Å². The van der Waals surface area contributed by atoms with Gasteiger partial charge in [-0.05, 0) is 50.5 Å². The van der Waals surface area contributed by atoms with E-state index in [1.165, 1.54) is 11.1 Å². The third kappa shape index (κ3) is 3.11. The first-order chi connectivity index (χ1) is 11.1. The van der Waals surface area contributed by atoms with Gasteiger partial charge in [-0.2, -0.15) is 0 Å². The van der Waals surface area contributed by atoms with Gasteiger partial charge in [-0.1, -0.05) is 24.3 Å². The van der Waals surface area contributed by atoms with Crippen molar-refractivity contribution in [3.63, 3.8) is 0 Å². The lowest BCUT2D eigenvalue weighted by Gasteiger charge is -2.08. The van der Waals surface area contributed by atoms with Crippen molar-refractivity contribution in [3.05, 3.63) is 65.1 Å². The average Bonchev–Trinajstić information content (AvgIpc) is 2.83. The summed E-state index contributed by atoms with van der Waals surface area (Å²) in [7, 11) is 0. The molecule has 3 aromatic rings. The molecule has 1 N–H and O–H groups in total. The summed E-state index contributed by atoms with van der Waals surface area (Å²) in [5.41, 5.74) is 6.07. The number of aryl methyl sites for hydroxylation is 4. The molecule has 118 valence electrons. The van der Waals surface area contributed by atoms with Gasteiger partial charge in [-0.15, -0.1) is 0 Å². The molecule has 2 heterocycles. The number of fused-ring (bicyclic) bond motifs is 1. The normalized spacial score (nSPS) is 10.9. The van der Waals surface area contributed by atoms with Crippen LogP contribution in [-0.2, 0) is 11.2 Å². The molecule has 0 aliphatic carbocycles. The lowest BCUT2D eigenvalue weighted by molar-refractivity contribution is -0.116. The Labute approximate surface area is 136 Å². The number of imidazole rings is 1. The van der Waals surface area contributed by atoms with Crippen molar-refractivity contribution in [1.29, 1.82) is 0 Å². The number of benzene rings is 1. The molecule has 0 spiro atoms. The molecule has 4 heteroatoms. The maximum Gasteiger partial charge on any atom is 0.224 e. The SMILES string of the molecule is Cc1ccccc1CCC(=O)Nc1cccn2c(C)c(C)nc12. The van der Waals surface area contributed by atoms with Crippen LogP contribution < -0.4 is 5.32 Å². The molecule has 0 aliphatic rings. The van der Waals surface area contributed by atoms with Crippen LogP contribution >= 0.6 is 0 Å². The molecule has 0 atom stereocenters. The number of nitrogens with one attached hydrogen (secondary N) is 1. The summed E-state index contributed by atoms with van der Waals surface area (Å²) in [5, 5.41) is 2.99. The van der Waals surface area contributed by atoms with Crippen LogP contribution in [0.1, 0.15) is 28.9 Å². The molecule has 1 aromatic carbocycles. The minimum absolute atomic E-state index is 0.0136. The Morgan fingerprint density at radius 1 is 1.13 bits per heavy atom. The van der Waals surface area contributed by atoms with Crippen molar-refractivity contribution < 1.29 is 4.79 Å². The molecular weight excluding hydrogens is 286 g/mol. The lowest BCUT2D eigenvalue weighted by Crippen LogP contribution is -2.13. The summed E-state index contributed by atoms with van der Waals surface area (Å²) < 4.78 is 2.01. The Kier molecular flexibility index (Phi) is 4.15. The first-order valence-corrected chi connectivity index (χ1v) is 7.85. The fraction of sp³-hybridized carbons (Fsp3) is 0.263. The predicted molar refractivity (Wildman–Crippen MR) is 92.8 cm³/mol. The summed E-state index contributed by atoms with van der Waals surface area (Å²) in [4.78, 5) is 16.8. The highest BCUT2D eigenvalue weighted by atomic mass is 16.1. The zero-order chi connectivity index (χ0) is 16.4. The molecule has 2 aromatic heterocycles. The highest BCUT2D eigenvalue weighted by molar-refractivity contribution is 5.94. The number of anilines is 1. The first-order valence-electron chi connectivity index (χ1n) is 7.85. The van der Waals surface area contributed by atoms with Crippen LogP contribution in [0.4, 0.5) is 5.69 Å². The smallest absolute Gasteiger partial charge is 0.224 e. The van der Waals surface area contributed by atoms with Crippen LogP contribution in [0.15, 0.2) is 42.6 Å². The minimum Gasteiger partial charge on any atom is -0.323 e. The number of hydrogen-bond donors (Lipinski definition) is 1. The molecule has 0 radical (unpaired) electrons. The van der Waals surface area contributed by atoms with E-state index in [0.717, 1.165) is 29.1 Å². The van der Waals surface area contributed by atoms with E-state index in [2.05, 4.69) is 29.4 Å². The van der Waals surface area contributed by atoms with E-state index in [4.69, 9.17) is 0 Å². The number of rotatable bonds is 4. The Morgan fingerprint density at radius 3 is 2.70 bits per heavy atom. The van der Waals surface area contributed by atoms with Gasteiger partial charge in [0, 0.05) is 18.3 Å². The Hall–Kier alpha value is -2.62. The van der Waals surface area contributed by atoms with Crippen LogP contribution in [0.25, 0.3) is 5.65 Å². The van der Waals surface area contributed by atoms with Gasteiger partial charge in [0.05, 0.1) is 11.4 Å². The molecule has 0 unspecified atom stereocenters. The van der Waals surface area contributed by atoms with Gasteiger partial charge in [0.25, 0.3) is 0 Å². The van der Waals surface area contributed by atoms with E-state index in [1.807, 2.05) is 48.7 Å². The lowest BCUT2D eigenvalue weighted by atomic mass is 10.0. The number of carbonyl (C=O) groups is 1. The van der Waals surface area contributed by atoms with Gasteiger partial charge in [0.2, 0.25) is 5.91 Å². The summed E-state index contributed by atoms with van der Waals surface area (Å²) in [6.07, 6.45) is 3.17. The van der Waals surface area contributed by atoms with E-state index < -0.39 is 0 Å². The van der Waals surface area contributed by atoms with Crippen molar-refractivity contribution >= 4 is 17.2 Å². The number of carbonyl (C=O) groups excluding carboxylic acids is 1. The summed E-state index contributed by atoms with van der Waals surface area (Å²) in [6.45, 7) is 6.08. The second-order valence-corrected chi connectivity index (χ2v) is 5.87. The third-order valence-electron chi connectivity index (χ3n) is 4.28. The van der Waals surface area contributed by atoms with Gasteiger partial charge < -0.3 is 9.72 Å². The quantitative estimate of drug-likeness (QED) is 0.796. The van der Waals surface area contributed by atoms with E-state index in [1.54, 1.807) is 0 Å². The van der Waals surface area contributed by atoms with Gasteiger partial charge in [0.1, 0.15) is 0 Å². The third-order valence-corrected chi connectivity index (χ3v) is 4.28. The zero-order valence-corrected chi connectivity index (χ0v) is 13.8. The van der Waals surface area contributed by atoms with E-state index in [-0.39, 0.29) is 5.91 Å². The molecule has 23 heavy (non-hydrogen) atoms. The average molecular weight is 307 g/mol. The van der Waals surface area contributed by atoms with Gasteiger partial charge in [-0.3, -0.25) is 4.79 Å². The highest BCUT2D eigenvalue weighted by Crippen LogP contribution is 2.20. The summed E-state index contributed by atoms with van der Waals surface area (Å²) in [5.74, 6) is 0.0136. The molecule has 0 fully saturated rings. The van der Waals surface area contributed by atoms with Crippen molar-refractivity contribution in [2.75, 3.05) is 5.32 Å². The van der Waals surface area contributed by atoms with Crippen LogP contribution in [0.5, 0.6) is 0 Å². The standard InChI is InChI=1S/C19H21N3O/c1-13-7-4-5-8-16(13)10-11-18(23)21-17-9-6-12-22-15(3)14(2)20-19(17)22/h4-9,12H,10-11H2,1-3H3,(H,21,23). The maximum absolute atomic E-state index is 12.3. The number of nitrogens with zero attached hydrogens (tertiary/aromatic N) is 2. The highest BCUT2D eigenvalue weighted by Gasteiger charge is 2.11. The second-order valence-electron chi connectivity index (χ2n) is 5.87. The fourth-order valence-corrected chi connectivity index (χ4v) is 2.75. The van der Waals surface area contributed by atoms with Crippen LogP contribution in [0, 0.1) is 20.8 Å². The van der Waals surface area contributed by atoms with Crippen molar-refractivity contribution in [2.24, 2.45) is 0 Å². The Balaban J connectivity index is 1.73. The van der Waals surface area contributed by atoms with Crippen molar-refractivity contribution in [1.82, 2.24) is 9.38 Å². The van der Waals surface area contributed by atoms with E-state index in [9.17, 15) is 4.79 Å². The molecule has 0 bridgehead atoms. The minimum atomic E-state index is 0.0136. The number of amides is 1. The predicted octanol–water partition coefficient (Wildman–Crippen LogP) is 3.83. The molecular formula is C19H21N3O. The molecule has 1 amide bonds. The molecule has 0 saturated heterocycles. The first kappa shape index (κ1) is 15.3. The zero-order valence-electron chi connectivity index (χ0n) is 13.8. The fourth-order valence-electron chi connectivity index (χ4n) is 2.75. The van der Waals surface area contributed by atoms with Gasteiger partial charge >= 0.3 is 0 Å². The largest absolute Gasteiger partial charge is 0.323 e. The second kappa shape index (κ2) is 6.24. The molecule has 4 nitrogen and oxygen atoms in total. The van der Waals surface area contributed by atoms with Gasteiger partial charge in [0.15, 0.2) is 5.65 Å². The Bertz CT molecular complexity index is 864. The number of hydrogen-bond acceptors (Lipinski definition) is 2. The maximum atomic E-state index is 12.3. The monoisotopic (exact) mass is 307 g/mol.